The molecular weight excluding hydrogens is 396 g/mol. The quantitative estimate of drug-likeness (QED) is 0.305. The van der Waals surface area contributed by atoms with Crippen LogP contribution in [0.15, 0.2) is 109 Å². The number of benzene rings is 4. The molecule has 0 spiro atoms. The Hall–Kier alpha value is -3.98. The van der Waals surface area contributed by atoms with Gasteiger partial charge in [-0.15, -0.1) is 0 Å². The maximum Gasteiger partial charge on any atom is 0.146 e. The number of para-hydroxylation sites is 2. The highest BCUT2D eigenvalue weighted by Gasteiger charge is 2.22. The predicted octanol–water partition coefficient (Wildman–Crippen LogP) is 8.15. The van der Waals surface area contributed by atoms with E-state index in [1.807, 2.05) is 105 Å². The molecule has 0 atom stereocenters. The second-order valence-electron chi connectivity index (χ2n) is 7.76. The molecule has 1 N–H and O–H groups in total. The molecule has 0 saturated carbocycles. The highest BCUT2D eigenvalue weighted by molar-refractivity contribution is 5.81. The van der Waals surface area contributed by atoms with Crippen molar-refractivity contribution in [2.75, 3.05) is 0 Å². The molecule has 0 bridgehead atoms. The summed E-state index contributed by atoms with van der Waals surface area (Å²) in [6.07, 6.45) is 2.63. The largest absolute Gasteiger partial charge is 0.507 e. The van der Waals surface area contributed by atoms with Gasteiger partial charge in [-0.25, -0.2) is 0 Å². The van der Waals surface area contributed by atoms with Crippen LogP contribution in [0.3, 0.4) is 0 Å². The van der Waals surface area contributed by atoms with Crippen LogP contribution < -0.4 is 9.47 Å². The van der Waals surface area contributed by atoms with Crippen LogP contribution in [0.4, 0.5) is 0 Å². The van der Waals surface area contributed by atoms with Crippen molar-refractivity contribution < 1.29 is 14.6 Å². The maximum absolute atomic E-state index is 11.0. The van der Waals surface area contributed by atoms with Crippen molar-refractivity contribution in [2.45, 2.75) is 20.3 Å². The molecule has 0 heterocycles. The summed E-state index contributed by atoms with van der Waals surface area (Å²) in [6, 6.07) is 30.8. The summed E-state index contributed by atoms with van der Waals surface area (Å²) in [4.78, 5) is 0. The van der Waals surface area contributed by atoms with Gasteiger partial charge in [-0.3, -0.25) is 0 Å². The number of ether oxygens (including phenoxy) is 2. The maximum atomic E-state index is 11.0. The van der Waals surface area contributed by atoms with Crippen molar-refractivity contribution in [3.8, 4) is 39.9 Å². The molecule has 0 fully saturated rings. The van der Waals surface area contributed by atoms with Crippen LogP contribution in [0.25, 0.3) is 11.1 Å². The lowest BCUT2D eigenvalue weighted by atomic mass is 9.97. The van der Waals surface area contributed by atoms with Gasteiger partial charge in [0.25, 0.3) is 0 Å². The molecule has 4 rings (SSSR count). The second-order valence-corrected chi connectivity index (χ2v) is 7.76. The molecule has 3 nitrogen and oxygen atoms in total. The molecule has 0 aliphatic heterocycles. The van der Waals surface area contributed by atoms with Crippen LogP contribution in [0.2, 0.25) is 0 Å². The van der Waals surface area contributed by atoms with E-state index in [-0.39, 0.29) is 5.75 Å². The summed E-state index contributed by atoms with van der Waals surface area (Å²) in [5.74, 6) is 2.64. The molecule has 0 aliphatic carbocycles. The van der Waals surface area contributed by atoms with Gasteiger partial charge in [0.2, 0.25) is 0 Å². The minimum atomic E-state index is 0.138. The Balaban J connectivity index is 1.95. The summed E-state index contributed by atoms with van der Waals surface area (Å²) in [5, 5.41) is 11.0. The van der Waals surface area contributed by atoms with Crippen LogP contribution >= 0.6 is 0 Å². The molecule has 0 aliphatic rings. The van der Waals surface area contributed by atoms with Gasteiger partial charge in [0, 0.05) is 11.6 Å². The first-order chi connectivity index (χ1) is 15.6. The monoisotopic (exact) mass is 422 g/mol. The highest BCUT2D eigenvalue weighted by Crippen LogP contribution is 2.48. The molecule has 0 aromatic heterocycles. The van der Waals surface area contributed by atoms with Gasteiger partial charge in [-0.2, -0.15) is 0 Å². The van der Waals surface area contributed by atoms with Crippen molar-refractivity contribution in [3.05, 3.63) is 114 Å². The zero-order valence-corrected chi connectivity index (χ0v) is 18.3. The van der Waals surface area contributed by atoms with Crippen LogP contribution in [-0.4, -0.2) is 5.11 Å². The average molecular weight is 423 g/mol. The van der Waals surface area contributed by atoms with Crippen LogP contribution in [0, 0.1) is 0 Å². The first-order valence-corrected chi connectivity index (χ1v) is 10.6. The molecule has 3 heteroatoms. The SMILES string of the molecule is CC(C)=CCc1c(O)cc(Oc2ccccc2)c(-c2ccccc2)c1Oc1ccccc1. The molecule has 0 amide bonds. The van der Waals surface area contributed by atoms with Crippen molar-refractivity contribution in [1.29, 1.82) is 0 Å². The highest BCUT2D eigenvalue weighted by atomic mass is 16.5. The van der Waals surface area contributed by atoms with Crippen molar-refractivity contribution in [3.63, 3.8) is 0 Å². The zero-order chi connectivity index (χ0) is 22.3. The van der Waals surface area contributed by atoms with E-state index >= 15 is 0 Å². The lowest BCUT2D eigenvalue weighted by Crippen LogP contribution is -1.99. The number of hydrogen-bond donors (Lipinski definition) is 1. The molecular formula is C29H26O3. The van der Waals surface area contributed by atoms with Gasteiger partial charge in [0.1, 0.15) is 28.7 Å². The van der Waals surface area contributed by atoms with Gasteiger partial charge in [0.05, 0.1) is 5.56 Å². The van der Waals surface area contributed by atoms with Gasteiger partial charge >= 0.3 is 0 Å². The van der Waals surface area contributed by atoms with Crippen molar-refractivity contribution in [1.82, 2.24) is 0 Å². The van der Waals surface area contributed by atoms with E-state index < -0.39 is 0 Å². The van der Waals surface area contributed by atoms with Crippen molar-refractivity contribution in [2.24, 2.45) is 0 Å². The number of allylic oxidation sites excluding steroid dienone is 2. The van der Waals surface area contributed by atoms with E-state index in [1.165, 1.54) is 5.57 Å². The summed E-state index contributed by atoms with van der Waals surface area (Å²) >= 11 is 0. The summed E-state index contributed by atoms with van der Waals surface area (Å²) < 4.78 is 12.7. The number of phenolic OH excluding ortho intramolecular Hbond substituents is 1. The van der Waals surface area contributed by atoms with Gasteiger partial charge in [-0.05, 0) is 50.1 Å². The predicted molar refractivity (Wildman–Crippen MR) is 130 cm³/mol. The molecule has 0 saturated heterocycles. The standard InChI is InChI=1S/C29H26O3/c1-21(2)18-19-25-26(30)20-27(31-23-14-8-4-9-15-23)28(22-12-6-3-7-13-22)29(25)32-24-16-10-5-11-17-24/h3-18,20,30H,19H2,1-2H3. The van der Waals surface area contributed by atoms with E-state index in [9.17, 15) is 5.11 Å². The minimum absolute atomic E-state index is 0.138. The minimum Gasteiger partial charge on any atom is -0.507 e. The molecule has 4 aromatic carbocycles. The van der Waals surface area contributed by atoms with E-state index in [2.05, 4.69) is 6.08 Å². The van der Waals surface area contributed by atoms with E-state index in [0.29, 0.717) is 35.0 Å². The van der Waals surface area contributed by atoms with E-state index in [1.54, 1.807) is 6.07 Å². The summed E-state index contributed by atoms with van der Waals surface area (Å²) in [7, 11) is 0. The fourth-order valence-corrected chi connectivity index (χ4v) is 3.46. The smallest absolute Gasteiger partial charge is 0.146 e. The normalized spacial score (nSPS) is 10.4. The Bertz CT molecular complexity index is 1190. The lowest BCUT2D eigenvalue weighted by molar-refractivity contribution is 0.431. The first kappa shape index (κ1) is 21.3. The third-order valence-corrected chi connectivity index (χ3v) is 5.04. The van der Waals surface area contributed by atoms with Crippen molar-refractivity contribution >= 4 is 0 Å². The number of rotatable bonds is 7. The van der Waals surface area contributed by atoms with Crippen LogP contribution in [0.1, 0.15) is 19.4 Å². The molecule has 0 radical (unpaired) electrons. The van der Waals surface area contributed by atoms with Gasteiger partial charge in [0.15, 0.2) is 0 Å². The van der Waals surface area contributed by atoms with Gasteiger partial charge in [-0.1, -0.05) is 78.4 Å². The fraction of sp³-hybridized carbons (Fsp3) is 0.103. The molecule has 32 heavy (non-hydrogen) atoms. The lowest BCUT2D eigenvalue weighted by Gasteiger charge is -2.20. The zero-order valence-electron chi connectivity index (χ0n) is 18.3. The molecule has 160 valence electrons. The third-order valence-electron chi connectivity index (χ3n) is 5.04. The molecule has 0 unspecified atom stereocenters. The Labute approximate surface area is 189 Å². The second kappa shape index (κ2) is 9.88. The number of phenols is 1. The molecule has 4 aromatic rings. The van der Waals surface area contributed by atoms with Crippen LogP contribution in [-0.2, 0) is 6.42 Å². The third kappa shape index (κ3) is 5.01. The number of hydrogen-bond acceptors (Lipinski definition) is 3. The number of aromatic hydroxyl groups is 1. The Kier molecular flexibility index (Phi) is 6.57. The summed E-state index contributed by atoms with van der Waals surface area (Å²) in [6.45, 7) is 4.08. The summed E-state index contributed by atoms with van der Waals surface area (Å²) in [5.41, 5.74) is 3.63. The fourth-order valence-electron chi connectivity index (χ4n) is 3.46. The van der Waals surface area contributed by atoms with E-state index in [4.69, 9.17) is 9.47 Å². The average Bonchev–Trinajstić information content (AvgIpc) is 2.80. The Morgan fingerprint density at radius 1 is 0.750 bits per heavy atom. The Morgan fingerprint density at radius 3 is 1.84 bits per heavy atom. The van der Waals surface area contributed by atoms with E-state index in [0.717, 1.165) is 11.1 Å². The van der Waals surface area contributed by atoms with Crippen LogP contribution in [0.5, 0.6) is 28.7 Å². The van der Waals surface area contributed by atoms with Gasteiger partial charge < -0.3 is 14.6 Å². The Morgan fingerprint density at radius 2 is 1.28 bits per heavy atom. The first-order valence-electron chi connectivity index (χ1n) is 10.6. The topological polar surface area (TPSA) is 38.7 Å².